The molecule has 0 saturated carbocycles. The molecule has 0 radical (unpaired) electrons. The van der Waals surface area contributed by atoms with Crippen LogP contribution in [-0.4, -0.2) is 76.2 Å². The zero-order valence-electron chi connectivity index (χ0n) is 23.5. The molecule has 5 aromatic rings. The molecule has 2 aromatic heterocycles. The third-order valence-electron chi connectivity index (χ3n) is 6.22. The Kier molecular flexibility index (Phi) is 9.00. The molecular formula is C30H33N5O6. The number of H-pyrrole nitrogens is 1. The first-order valence-corrected chi connectivity index (χ1v) is 13.1. The zero-order chi connectivity index (χ0) is 29.6. The maximum atomic E-state index is 11.7. The highest BCUT2D eigenvalue weighted by atomic mass is 16.5. The van der Waals surface area contributed by atoms with Gasteiger partial charge in [0.1, 0.15) is 6.54 Å². The third-order valence-corrected chi connectivity index (χ3v) is 6.22. The van der Waals surface area contributed by atoms with Crippen LogP contribution in [0, 0.1) is 0 Å². The van der Waals surface area contributed by atoms with Gasteiger partial charge in [0.15, 0.2) is 5.82 Å². The van der Waals surface area contributed by atoms with E-state index in [2.05, 4.69) is 40.8 Å². The first-order valence-electron chi connectivity index (χ1n) is 13.1. The maximum absolute atomic E-state index is 11.7. The summed E-state index contributed by atoms with van der Waals surface area (Å²) in [6, 6.07) is 20.6. The molecule has 0 fully saturated rings. The van der Waals surface area contributed by atoms with Gasteiger partial charge in [0.05, 0.1) is 57.9 Å². The van der Waals surface area contributed by atoms with Crippen LogP contribution in [0.15, 0.2) is 76.0 Å². The summed E-state index contributed by atoms with van der Waals surface area (Å²) < 4.78 is 12.9. The number of carbonyl (C=O) groups excluding carboxylic acids is 1. The summed E-state index contributed by atoms with van der Waals surface area (Å²) in [6.07, 6.45) is 0. The highest BCUT2D eigenvalue weighted by molar-refractivity contribution is 6.00. The smallest absolute Gasteiger partial charge is 0.439 e. The van der Waals surface area contributed by atoms with Gasteiger partial charge in [0.2, 0.25) is 0 Å². The minimum absolute atomic E-state index is 0.0584. The van der Waals surface area contributed by atoms with Crippen molar-refractivity contribution in [3.05, 3.63) is 88.4 Å². The summed E-state index contributed by atoms with van der Waals surface area (Å²) in [5.74, 6) is -1.54. The number of carboxylic acids is 1. The number of aliphatic hydroxyl groups is 1. The number of benzene rings is 3. The van der Waals surface area contributed by atoms with Crippen LogP contribution >= 0.6 is 0 Å². The molecule has 5 rings (SSSR count). The van der Waals surface area contributed by atoms with E-state index in [1.807, 2.05) is 55.5 Å². The van der Waals surface area contributed by atoms with Crippen LogP contribution in [0.1, 0.15) is 22.8 Å². The first kappa shape index (κ1) is 29.2. The molecule has 0 spiro atoms. The predicted octanol–water partition coefficient (Wildman–Crippen LogP) is 2.54. The Morgan fingerprint density at radius 2 is 1.76 bits per heavy atom. The quantitative estimate of drug-likeness (QED) is 0.262. The number of ether oxygens (including phenoxy) is 1. The van der Waals surface area contributed by atoms with Crippen LogP contribution in [0.5, 0.6) is 6.01 Å². The summed E-state index contributed by atoms with van der Waals surface area (Å²) in [5, 5.41) is 23.9. The van der Waals surface area contributed by atoms with Gasteiger partial charge in [-0.3, -0.25) is 14.1 Å². The van der Waals surface area contributed by atoms with Gasteiger partial charge in [-0.05, 0) is 29.7 Å². The van der Waals surface area contributed by atoms with Gasteiger partial charge >= 0.3 is 5.76 Å². The fraction of sp³-hybridized carbons (Fsp3) is 0.267. The Morgan fingerprint density at radius 3 is 2.32 bits per heavy atom. The number of nitrogens with zero attached hydrogens (tertiary/aromatic N) is 4. The van der Waals surface area contributed by atoms with Crippen molar-refractivity contribution in [3.8, 4) is 28.5 Å². The SMILES string of the molecule is CCOc1nc2cccc(C(=O)[O-])c2n1Cc1ccc(-c2ccccc2-c2noc(=O)[nH]2)cc1.C[N+](C)(C)CCO. The molecule has 41 heavy (non-hydrogen) atoms. The molecule has 0 amide bonds. The number of carbonyl (C=O) groups is 1. The monoisotopic (exact) mass is 559 g/mol. The van der Waals surface area contributed by atoms with Crippen LogP contribution in [0.2, 0.25) is 0 Å². The Morgan fingerprint density at radius 1 is 1.05 bits per heavy atom. The van der Waals surface area contributed by atoms with Gasteiger partial charge in [-0.2, -0.15) is 4.98 Å². The summed E-state index contributed by atoms with van der Waals surface area (Å²) in [4.78, 5) is 30.2. The Balaban J connectivity index is 0.000000493. The highest BCUT2D eigenvalue weighted by Crippen LogP contribution is 2.31. The Hall–Kier alpha value is -4.74. The number of aromatic amines is 1. The third kappa shape index (κ3) is 7.07. The topological polar surface area (TPSA) is 146 Å². The van der Waals surface area contributed by atoms with Crippen LogP contribution in [0.3, 0.4) is 0 Å². The summed E-state index contributed by atoms with van der Waals surface area (Å²) >= 11 is 0. The summed E-state index contributed by atoms with van der Waals surface area (Å²) in [5.41, 5.74) is 4.49. The van der Waals surface area contributed by atoms with Crippen molar-refractivity contribution in [2.75, 3.05) is 40.9 Å². The van der Waals surface area contributed by atoms with E-state index in [0.29, 0.717) is 36.0 Å². The largest absolute Gasteiger partial charge is 0.545 e. The molecule has 0 aliphatic heterocycles. The minimum atomic E-state index is -1.27. The van der Waals surface area contributed by atoms with Crippen molar-refractivity contribution >= 4 is 17.0 Å². The number of nitrogens with one attached hydrogen (secondary N) is 1. The molecular weight excluding hydrogens is 526 g/mol. The van der Waals surface area contributed by atoms with E-state index >= 15 is 0 Å². The lowest BCUT2D eigenvalue weighted by atomic mass is 9.98. The number of aromatic nitrogens is 4. The molecule has 214 valence electrons. The standard InChI is InChI=1S/C25H20N4O5.C5H14NO/c1-2-33-24-26-20-9-5-8-19(23(30)31)21(20)29(24)14-15-10-12-16(13-11-15)17-6-3-4-7-18(17)22-27-25(32)34-28-22;1-6(2,3)4-5-7/h3-13H,2,14H2,1H3,(H,30,31)(H,27,28,32);7H,4-5H2,1-3H3/q;+1/p-1. The van der Waals surface area contributed by atoms with Gasteiger partial charge in [-0.1, -0.05) is 65.8 Å². The number of hydrogen-bond acceptors (Lipinski definition) is 8. The lowest BCUT2D eigenvalue weighted by Crippen LogP contribution is -2.36. The number of hydrogen-bond donors (Lipinski definition) is 2. The van der Waals surface area contributed by atoms with Crippen molar-refractivity contribution in [2.45, 2.75) is 13.5 Å². The number of rotatable bonds is 9. The molecule has 0 unspecified atom stereocenters. The molecule has 11 heteroatoms. The molecule has 0 saturated heterocycles. The van der Waals surface area contributed by atoms with Crippen LogP contribution < -0.4 is 15.6 Å². The number of fused-ring (bicyclic) bond motifs is 1. The average molecular weight is 560 g/mol. The maximum Gasteiger partial charge on any atom is 0.439 e. The number of aromatic carboxylic acids is 1. The van der Waals surface area contributed by atoms with Gasteiger partial charge in [-0.15, -0.1) is 0 Å². The predicted molar refractivity (Wildman–Crippen MR) is 152 cm³/mol. The van der Waals surface area contributed by atoms with Gasteiger partial charge in [0, 0.05) is 11.1 Å². The van der Waals surface area contributed by atoms with Crippen LogP contribution in [0.4, 0.5) is 0 Å². The van der Waals surface area contributed by atoms with Crippen molar-refractivity contribution < 1.29 is 28.8 Å². The summed E-state index contributed by atoms with van der Waals surface area (Å²) in [6.45, 7) is 3.71. The molecule has 0 aliphatic rings. The number of quaternary nitrogens is 1. The van der Waals surface area contributed by atoms with Crippen LogP contribution in [-0.2, 0) is 6.54 Å². The van der Waals surface area contributed by atoms with Gasteiger partial charge < -0.3 is 24.2 Å². The fourth-order valence-corrected chi connectivity index (χ4v) is 4.27. The number of para-hydroxylation sites is 1. The fourth-order valence-electron chi connectivity index (χ4n) is 4.27. The van der Waals surface area contributed by atoms with E-state index in [1.54, 1.807) is 16.7 Å². The second kappa shape index (κ2) is 12.6. The lowest BCUT2D eigenvalue weighted by Gasteiger charge is -2.21. The molecule has 2 heterocycles. The Bertz CT molecular complexity index is 1680. The van der Waals surface area contributed by atoms with Crippen molar-refractivity contribution in [1.82, 2.24) is 19.7 Å². The molecule has 0 aliphatic carbocycles. The van der Waals surface area contributed by atoms with E-state index in [4.69, 9.17) is 9.84 Å². The normalized spacial score (nSPS) is 11.2. The van der Waals surface area contributed by atoms with E-state index in [-0.39, 0.29) is 12.2 Å². The van der Waals surface area contributed by atoms with Crippen molar-refractivity contribution in [3.63, 3.8) is 0 Å². The van der Waals surface area contributed by atoms with Gasteiger partial charge in [0.25, 0.3) is 6.01 Å². The minimum Gasteiger partial charge on any atom is -0.545 e. The molecule has 0 bridgehead atoms. The van der Waals surface area contributed by atoms with E-state index in [0.717, 1.165) is 33.3 Å². The number of imidazole rings is 1. The van der Waals surface area contributed by atoms with E-state index in [1.165, 1.54) is 6.07 Å². The molecule has 3 aromatic carbocycles. The Labute approximate surface area is 236 Å². The van der Waals surface area contributed by atoms with Crippen LogP contribution in [0.25, 0.3) is 33.5 Å². The first-order chi connectivity index (χ1) is 19.6. The second-order valence-electron chi connectivity index (χ2n) is 10.3. The lowest BCUT2D eigenvalue weighted by molar-refractivity contribution is -0.870. The second-order valence-corrected chi connectivity index (χ2v) is 10.3. The number of aliphatic hydroxyl groups excluding tert-OH is 1. The van der Waals surface area contributed by atoms with E-state index in [9.17, 15) is 14.7 Å². The van der Waals surface area contributed by atoms with Crippen molar-refractivity contribution in [2.24, 2.45) is 0 Å². The van der Waals surface area contributed by atoms with Crippen molar-refractivity contribution in [1.29, 1.82) is 0 Å². The average Bonchev–Trinajstić information content (AvgIpc) is 3.52. The number of carboxylic acid groups (broad SMARTS) is 1. The molecule has 0 atom stereocenters. The molecule has 2 N–H and O–H groups in total. The zero-order valence-corrected chi connectivity index (χ0v) is 23.5. The summed E-state index contributed by atoms with van der Waals surface area (Å²) in [7, 11) is 6.16. The number of likely N-dealkylation sites (N-methyl/N-ethyl adjacent to an activating group) is 1. The van der Waals surface area contributed by atoms with E-state index < -0.39 is 11.7 Å². The molecule has 11 nitrogen and oxygen atoms in total. The highest BCUT2D eigenvalue weighted by Gasteiger charge is 2.17. The van der Waals surface area contributed by atoms with Gasteiger partial charge in [-0.25, -0.2) is 4.79 Å².